The zero-order valence-electron chi connectivity index (χ0n) is 8.81. The lowest BCUT2D eigenvalue weighted by Gasteiger charge is -2.08. The van der Waals surface area contributed by atoms with Gasteiger partial charge in [0.1, 0.15) is 0 Å². The number of carboxylic acids is 1. The first-order valence-electron chi connectivity index (χ1n) is 4.84. The molecule has 0 amide bonds. The van der Waals surface area contributed by atoms with Gasteiger partial charge in [-0.05, 0) is 12.8 Å². The molecule has 16 heavy (non-hydrogen) atoms. The average Bonchev–Trinajstić information content (AvgIpc) is 2.23. The maximum absolute atomic E-state index is 11.2. The predicted octanol–water partition coefficient (Wildman–Crippen LogP) is 1.09. The van der Waals surface area contributed by atoms with Gasteiger partial charge in [-0.15, -0.1) is 6.42 Å². The summed E-state index contributed by atoms with van der Waals surface area (Å²) in [6.07, 6.45) is 5.22. The Morgan fingerprint density at radius 1 is 1.38 bits per heavy atom. The zero-order chi connectivity index (χ0) is 12.4. The summed E-state index contributed by atoms with van der Waals surface area (Å²) in [5.74, 6) is 0.797. The molecule has 0 heterocycles. The van der Waals surface area contributed by atoms with E-state index < -0.39 is 18.0 Å². The van der Waals surface area contributed by atoms with Crippen molar-refractivity contribution in [2.24, 2.45) is 0 Å². The van der Waals surface area contributed by atoms with Crippen molar-refractivity contribution >= 4 is 11.9 Å². The number of hydrogen-bond acceptors (Lipinski definition) is 4. The molecular weight excluding hydrogens is 210 g/mol. The van der Waals surface area contributed by atoms with Gasteiger partial charge in [-0.1, -0.05) is 5.92 Å². The Morgan fingerprint density at radius 3 is 2.50 bits per heavy atom. The second-order valence-electron chi connectivity index (χ2n) is 3.11. The van der Waals surface area contributed by atoms with Crippen molar-refractivity contribution in [2.75, 3.05) is 0 Å². The average molecular weight is 223 g/mol. The molecule has 0 saturated carbocycles. The highest BCUT2D eigenvalue weighted by Gasteiger charge is 2.11. The molecule has 0 aromatic heterocycles. The first-order valence-corrected chi connectivity index (χ1v) is 4.84. The molecule has 5 heteroatoms. The summed E-state index contributed by atoms with van der Waals surface area (Å²) >= 11 is 0. The van der Waals surface area contributed by atoms with E-state index in [9.17, 15) is 9.59 Å². The first-order chi connectivity index (χ1) is 7.60. The maximum atomic E-state index is 11.2. The Balaban J connectivity index is 3.70. The van der Waals surface area contributed by atoms with Crippen LogP contribution in [-0.2, 0) is 14.3 Å². The standard InChI is InChI=1S/C11H13NO4/c1-2-9(7-8-12)16-11(15)6-4-3-5-10(13)14/h1,9H,3-7H2,(H,13,14). The molecular formula is C11H13NO4. The molecule has 0 aliphatic carbocycles. The third kappa shape index (κ3) is 7.40. The van der Waals surface area contributed by atoms with Gasteiger partial charge in [0, 0.05) is 12.8 Å². The monoisotopic (exact) mass is 223 g/mol. The summed E-state index contributed by atoms with van der Waals surface area (Å²) in [6, 6.07) is 1.81. The van der Waals surface area contributed by atoms with E-state index in [1.807, 2.05) is 6.07 Å². The van der Waals surface area contributed by atoms with E-state index >= 15 is 0 Å². The van der Waals surface area contributed by atoms with E-state index in [1.165, 1.54) is 0 Å². The molecule has 0 saturated heterocycles. The lowest BCUT2D eigenvalue weighted by Crippen LogP contribution is -2.15. The molecule has 0 radical (unpaired) electrons. The van der Waals surface area contributed by atoms with Gasteiger partial charge >= 0.3 is 11.9 Å². The summed E-state index contributed by atoms with van der Waals surface area (Å²) < 4.78 is 4.80. The molecule has 0 aliphatic rings. The number of aliphatic carboxylic acids is 1. The molecule has 0 fully saturated rings. The largest absolute Gasteiger partial charge is 0.481 e. The van der Waals surface area contributed by atoms with Crippen LogP contribution in [0.25, 0.3) is 0 Å². The number of hydrogen-bond donors (Lipinski definition) is 1. The number of ether oxygens (including phenoxy) is 1. The van der Waals surface area contributed by atoms with E-state index in [0.717, 1.165) is 0 Å². The molecule has 5 nitrogen and oxygen atoms in total. The van der Waals surface area contributed by atoms with Gasteiger partial charge in [-0.25, -0.2) is 0 Å². The summed E-state index contributed by atoms with van der Waals surface area (Å²) in [5.41, 5.74) is 0. The topological polar surface area (TPSA) is 87.4 Å². The highest BCUT2D eigenvalue weighted by Crippen LogP contribution is 2.04. The maximum Gasteiger partial charge on any atom is 0.307 e. The smallest absolute Gasteiger partial charge is 0.307 e. The summed E-state index contributed by atoms with van der Waals surface area (Å²) in [7, 11) is 0. The van der Waals surface area contributed by atoms with Crippen molar-refractivity contribution < 1.29 is 19.4 Å². The van der Waals surface area contributed by atoms with Crippen LogP contribution < -0.4 is 0 Å². The van der Waals surface area contributed by atoms with Crippen molar-refractivity contribution in [3.63, 3.8) is 0 Å². The highest BCUT2D eigenvalue weighted by atomic mass is 16.5. The number of carbonyl (C=O) groups excluding carboxylic acids is 1. The van der Waals surface area contributed by atoms with Crippen molar-refractivity contribution in [1.29, 1.82) is 5.26 Å². The van der Waals surface area contributed by atoms with Gasteiger partial charge in [0.05, 0.1) is 12.5 Å². The van der Waals surface area contributed by atoms with Gasteiger partial charge in [0.25, 0.3) is 0 Å². The second-order valence-corrected chi connectivity index (χ2v) is 3.11. The fraction of sp³-hybridized carbons (Fsp3) is 0.545. The zero-order valence-corrected chi connectivity index (χ0v) is 8.81. The van der Waals surface area contributed by atoms with E-state index in [4.69, 9.17) is 21.5 Å². The van der Waals surface area contributed by atoms with Gasteiger partial charge in [-0.2, -0.15) is 5.26 Å². The Labute approximate surface area is 94.0 Å². The molecule has 0 aromatic rings. The molecule has 1 N–H and O–H groups in total. The molecule has 1 unspecified atom stereocenters. The van der Waals surface area contributed by atoms with Crippen LogP contribution in [0.5, 0.6) is 0 Å². The molecule has 0 aromatic carbocycles. The van der Waals surface area contributed by atoms with Gasteiger partial charge in [0.2, 0.25) is 0 Å². The summed E-state index contributed by atoms with van der Waals surface area (Å²) in [6.45, 7) is 0. The van der Waals surface area contributed by atoms with Crippen LogP contribution in [0.2, 0.25) is 0 Å². The van der Waals surface area contributed by atoms with E-state index in [-0.39, 0.29) is 19.3 Å². The molecule has 0 bridgehead atoms. The van der Waals surface area contributed by atoms with Crippen molar-refractivity contribution in [2.45, 2.75) is 38.2 Å². The lowest BCUT2D eigenvalue weighted by molar-refractivity contribution is -0.146. The van der Waals surface area contributed by atoms with Crippen LogP contribution in [0.15, 0.2) is 0 Å². The number of carbonyl (C=O) groups is 2. The molecule has 86 valence electrons. The van der Waals surface area contributed by atoms with Crippen molar-refractivity contribution in [3.8, 4) is 18.4 Å². The van der Waals surface area contributed by atoms with Gasteiger partial charge in [0.15, 0.2) is 6.10 Å². The lowest BCUT2D eigenvalue weighted by atomic mass is 10.2. The van der Waals surface area contributed by atoms with Crippen LogP contribution in [0.4, 0.5) is 0 Å². The number of nitriles is 1. The number of nitrogens with zero attached hydrogens (tertiary/aromatic N) is 1. The molecule has 0 aliphatic heterocycles. The Bertz CT molecular complexity index is 324. The number of terminal acetylenes is 1. The van der Waals surface area contributed by atoms with Crippen molar-refractivity contribution in [3.05, 3.63) is 0 Å². The van der Waals surface area contributed by atoms with Crippen LogP contribution in [0, 0.1) is 23.7 Å². The number of rotatable bonds is 7. The van der Waals surface area contributed by atoms with Gasteiger partial charge < -0.3 is 9.84 Å². The minimum atomic E-state index is -0.889. The van der Waals surface area contributed by atoms with Crippen LogP contribution in [-0.4, -0.2) is 23.1 Å². The number of unbranched alkanes of at least 4 members (excludes halogenated alkanes) is 1. The fourth-order valence-corrected chi connectivity index (χ4v) is 0.981. The van der Waals surface area contributed by atoms with Crippen molar-refractivity contribution in [1.82, 2.24) is 0 Å². The van der Waals surface area contributed by atoms with Gasteiger partial charge in [-0.3, -0.25) is 9.59 Å². The van der Waals surface area contributed by atoms with Crippen LogP contribution >= 0.6 is 0 Å². The first kappa shape index (κ1) is 14.0. The van der Waals surface area contributed by atoms with Crippen LogP contribution in [0.3, 0.4) is 0 Å². The normalized spacial score (nSPS) is 10.9. The summed E-state index contributed by atoms with van der Waals surface area (Å²) in [5, 5.41) is 16.7. The minimum Gasteiger partial charge on any atom is -0.481 e. The number of esters is 1. The fourth-order valence-electron chi connectivity index (χ4n) is 0.981. The van der Waals surface area contributed by atoms with E-state index in [1.54, 1.807) is 0 Å². The molecule has 0 rings (SSSR count). The third-order valence-electron chi connectivity index (χ3n) is 1.76. The Kier molecular flexibility index (Phi) is 7.27. The summed E-state index contributed by atoms with van der Waals surface area (Å²) in [4.78, 5) is 21.3. The second kappa shape index (κ2) is 8.31. The number of carboxylic acid groups (broad SMARTS) is 1. The van der Waals surface area contributed by atoms with E-state index in [0.29, 0.717) is 12.8 Å². The predicted molar refractivity (Wildman–Crippen MR) is 55.0 cm³/mol. The highest BCUT2D eigenvalue weighted by molar-refractivity contribution is 5.70. The SMILES string of the molecule is C#CC(CC#N)OC(=O)CCCCC(=O)O. The van der Waals surface area contributed by atoms with Crippen LogP contribution in [0.1, 0.15) is 32.1 Å². The Morgan fingerprint density at radius 2 is 2.00 bits per heavy atom. The van der Waals surface area contributed by atoms with E-state index in [2.05, 4.69) is 5.92 Å². The molecule has 1 atom stereocenters. The quantitative estimate of drug-likeness (QED) is 0.396. The third-order valence-corrected chi connectivity index (χ3v) is 1.76. The molecule has 0 spiro atoms. The minimum absolute atomic E-state index is 0.0304. The Hall–Kier alpha value is -2.01.